The summed E-state index contributed by atoms with van der Waals surface area (Å²) in [5.74, 6) is 0.0709. The molecular formula is C17H16N2O4. The van der Waals surface area contributed by atoms with Gasteiger partial charge < -0.3 is 10.1 Å². The van der Waals surface area contributed by atoms with Crippen molar-refractivity contribution in [1.82, 2.24) is 0 Å². The van der Waals surface area contributed by atoms with Crippen molar-refractivity contribution < 1.29 is 14.5 Å². The van der Waals surface area contributed by atoms with Crippen LogP contribution in [0.2, 0.25) is 0 Å². The lowest BCUT2D eigenvalue weighted by molar-refractivity contribution is -0.385. The number of methoxy groups -OCH3 is 1. The zero-order valence-electron chi connectivity index (χ0n) is 12.8. The first-order valence-electron chi connectivity index (χ1n) is 6.88. The zero-order valence-corrected chi connectivity index (χ0v) is 12.8. The molecule has 0 saturated carbocycles. The van der Waals surface area contributed by atoms with E-state index in [9.17, 15) is 14.9 Å². The van der Waals surface area contributed by atoms with Gasteiger partial charge in [-0.1, -0.05) is 18.2 Å². The second-order valence-electron chi connectivity index (χ2n) is 4.83. The summed E-state index contributed by atoms with van der Waals surface area (Å²) in [6.45, 7) is 1.60. The molecule has 0 aliphatic carbocycles. The van der Waals surface area contributed by atoms with Gasteiger partial charge in [0.1, 0.15) is 5.75 Å². The van der Waals surface area contributed by atoms with Crippen molar-refractivity contribution in [1.29, 1.82) is 0 Å². The number of rotatable bonds is 5. The minimum Gasteiger partial charge on any atom is -0.497 e. The monoisotopic (exact) mass is 312 g/mol. The van der Waals surface area contributed by atoms with Crippen molar-refractivity contribution in [2.45, 2.75) is 6.92 Å². The molecule has 6 heteroatoms. The highest BCUT2D eigenvalue weighted by Gasteiger charge is 2.15. The highest BCUT2D eigenvalue weighted by molar-refractivity contribution is 6.06. The molecule has 1 N–H and O–H groups in total. The minimum absolute atomic E-state index is 0.115. The number of nitrogens with zero attached hydrogens (tertiary/aromatic N) is 1. The maximum atomic E-state index is 12.1. The van der Waals surface area contributed by atoms with Crippen molar-refractivity contribution in [2.24, 2.45) is 0 Å². The van der Waals surface area contributed by atoms with E-state index in [1.54, 1.807) is 31.2 Å². The summed E-state index contributed by atoms with van der Waals surface area (Å²) in [6, 6.07) is 13.5. The summed E-state index contributed by atoms with van der Waals surface area (Å²) < 4.78 is 4.99. The highest BCUT2D eigenvalue weighted by atomic mass is 16.6. The van der Waals surface area contributed by atoms with Crippen LogP contribution in [0, 0.1) is 10.1 Å². The molecule has 118 valence electrons. The van der Waals surface area contributed by atoms with Gasteiger partial charge in [-0.15, -0.1) is 0 Å². The molecule has 0 aliphatic heterocycles. The fraction of sp³-hybridized carbons (Fsp3) is 0.118. The summed E-state index contributed by atoms with van der Waals surface area (Å²) in [7, 11) is 1.44. The molecule has 0 radical (unpaired) electrons. The van der Waals surface area contributed by atoms with E-state index < -0.39 is 4.92 Å². The molecule has 0 atom stereocenters. The molecule has 2 rings (SSSR count). The highest BCUT2D eigenvalue weighted by Crippen LogP contribution is 2.26. The molecule has 0 fully saturated rings. The van der Waals surface area contributed by atoms with E-state index in [-0.39, 0.29) is 11.6 Å². The summed E-state index contributed by atoms with van der Waals surface area (Å²) in [4.78, 5) is 22.8. The predicted octanol–water partition coefficient (Wildman–Crippen LogP) is 3.65. The number of amides is 1. The van der Waals surface area contributed by atoms with E-state index in [1.807, 2.05) is 18.2 Å². The Morgan fingerprint density at radius 2 is 1.91 bits per heavy atom. The number of nitro benzene ring substituents is 1. The van der Waals surface area contributed by atoms with Crippen LogP contribution in [0.4, 0.5) is 11.4 Å². The van der Waals surface area contributed by atoms with Crippen molar-refractivity contribution in [2.75, 3.05) is 12.4 Å². The van der Waals surface area contributed by atoms with Gasteiger partial charge in [0.05, 0.1) is 23.7 Å². The first-order valence-corrected chi connectivity index (χ1v) is 6.88. The van der Waals surface area contributed by atoms with Crippen molar-refractivity contribution in [3.8, 4) is 5.75 Å². The number of carbonyl (C=O) groups is 1. The lowest BCUT2D eigenvalue weighted by Crippen LogP contribution is -2.12. The summed E-state index contributed by atoms with van der Waals surface area (Å²) in [5.41, 5.74) is 1.25. The van der Waals surface area contributed by atoms with Crippen LogP contribution < -0.4 is 10.1 Å². The fourth-order valence-corrected chi connectivity index (χ4v) is 1.98. The summed E-state index contributed by atoms with van der Waals surface area (Å²) >= 11 is 0. The average molecular weight is 312 g/mol. The number of ether oxygens (including phenoxy) is 1. The molecule has 0 spiro atoms. The molecule has 2 aromatic carbocycles. The molecule has 0 saturated heterocycles. The quantitative estimate of drug-likeness (QED) is 0.519. The van der Waals surface area contributed by atoms with E-state index >= 15 is 0 Å². The predicted molar refractivity (Wildman–Crippen MR) is 88.4 cm³/mol. The number of hydrogen-bond donors (Lipinski definition) is 1. The molecular weight excluding hydrogens is 296 g/mol. The number of nitrogens with one attached hydrogen (secondary N) is 1. The van der Waals surface area contributed by atoms with Gasteiger partial charge in [0, 0.05) is 11.3 Å². The van der Waals surface area contributed by atoms with Crippen LogP contribution >= 0.6 is 0 Å². The third-order valence-corrected chi connectivity index (χ3v) is 3.20. The minimum atomic E-state index is -0.503. The van der Waals surface area contributed by atoms with Crippen LogP contribution in [0.1, 0.15) is 12.5 Å². The molecule has 0 heterocycles. The van der Waals surface area contributed by atoms with Crippen molar-refractivity contribution in [3.05, 3.63) is 69.8 Å². The van der Waals surface area contributed by atoms with Gasteiger partial charge in [0.2, 0.25) is 0 Å². The number of nitro groups is 1. The molecule has 0 bridgehead atoms. The molecule has 0 unspecified atom stereocenters. The van der Waals surface area contributed by atoms with Gasteiger partial charge in [-0.2, -0.15) is 0 Å². The second kappa shape index (κ2) is 7.22. The van der Waals surface area contributed by atoms with Crippen molar-refractivity contribution in [3.63, 3.8) is 0 Å². The maximum absolute atomic E-state index is 12.1. The topological polar surface area (TPSA) is 81.5 Å². The van der Waals surface area contributed by atoms with Crippen LogP contribution in [-0.4, -0.2) is 17.9 Å². The van der Waals surface area contributed by atoms with E-state index in [4.69, 9.17) is 4.74 Å². The number of carbonyl (C=O) groups excluding carboxylic acids is 1. The normalized spacial score (nSPS) is 11.0. The SMILES string of the molecule is COc1ccc(C=C(C)C(=O)Nc2ccccc2)c([N+](=O)[O-])c1. The Balaban J connectivity index is 2.26. The molecule has 0 aromatic heterocycles. The van der Waals surface area contributed by atoms with Crippen LogP contribution in [0.25, 0.3) is 6.08 Å². The lowest BCUT2D eigenvalue weighted by atomic mass is 10.1. The molecule has 6 nitrogen and oxygen atoms in total. The second-order valence-corrected chi connectivity index (χ2v) is 4.83. The number of hydrogen-bond acceptors (Lipinski definition) is 4. The largest absolute Gasteiger partial charge is 0.497 e. The first-order chi connectivity index (χ1) is 11.0. The van der Waals surface area contributed by atoms with Gasteiger partial charge in [0.15, 0.2) is 0 Å². The first kappa shape index (κ1) is 16.2. The van der Waals surface area contributed by atoms with Crippen molar-refractivity contribution >= 4 is 23.4 Å². The van der Waals surface area contributed by atoms with Gasteiger partial charge in [0.25, 0.3) is 11.6 Å². The third-order valence-electron chi connectivity index (χ3n) is 3.20. The Labute approximate surface area is 133 Å². The molecule has 23 heavy (non-hydrogen) atoms. The summed E-state index contributed by atoms with van der Waals surface area (Å²) in [6.07, 6.45) is 1.48. The Kier molecular flexibility index (Phi) is 5.09. The maximum Gasteiger partial charge on any atom is 0.280 e. The fourth-order valence-electron chi connectivity index (χ4n) is 1.98. The van der Waals surface area contributed by atoms with Gasteiger partial charge >= 0.3 is 0 Å². The standard InChI is InChI=1S/C17H16N2O4/c1-12(17(20)18-14-6-4-3-5-7-14)10-13-8-9-15(23-2)11-16(13)19(21)22/h3-11H,1-2H3,(H,18,20). The van der Waals surface area contributed by atoms with Gasteiger partial charge in [-0.25, -0.2) is 0 Å². The Bertz CT molecular complexity index is 754. The van der Waals surface area contributed by atoms with Gasteiger partial charge in [-0.3, -0.25) is 14.9 Å². The Morgan fingerprint density at radius 1 is 1.22 bits per heavy atom. The van der Waals surface area contributed by atoms with E-state index in [0.29, 0.717) is 22.6 Å². The Morgan fingerprint density at radius 3 is 2.52 bits per heavy atom. The van der Waals surface area contributed by atoms with Crippen LogP contribution in [-0.2, 0) is 4.79 Å². The summed E-state index contributed by atoms with van der Waals surface area (Å²) in [5, 5.41) is 13.9. The smallest absolute Gasteiger partial charge is 0.280 e. The molecule has 0 aliphatic rings. The molecule has 1 amide bonds. The van der Waals surface area contributed by atoms with E-state index in [1.165, 1.54) is 19.3 Å². The van der Waals surface area contributed by atoms with Crippen LogP contribution in [0.15, 0.2) is 54.1 Å². The average Bonchev–Trinajstić information content (AvgIpc) is 2.55. The van der Waals surface area contributed by atoms with Crippen LogP contribution in [0.3, 0.4) is 0 Å². The number of benzene rings is 2. The van der Waals surface area contributed by atoms with E-state index in [0.717, 1.165) is 0 Å². The Hall–Kier alpha value is -3.15. The zero-order chi connectivity index (χ0) is 16.8. The van der Waals surface area contributed by atoms with E-state index in [2.05, 4.69) is 5.32 Å². The number of anilines is 1. The van der Waals surface area contributed by atoms with Gasteiger partial charge in [-0.05, 0) is 37.3 Å². The number of para-hydroxylation sites is 1. The third kappa shape index (κ3) is 4.16. The lowest BCUT2D eigenvalue weighted by Gasteiger charge is -2.06. The molecule has 2 aromatic rings. The van der Waals surface area contributed by atoms with Crippen LogP contribution in [0.5, 0.6) is 5.75 Å².